The molecule has 0 unspecified atom stereocenters. The van der Waals surface area contributed by atoms with Gasteiger partial charge in [-0.3, -0.25) is 4.79 Å². The smallest absolute Gasteiger partial charge is 0.323 e. The molecule has 8 heteroatoms. The topological polar surface area (TPSA) is 111 Å². The van der Waals surface area contributed by atoms with Crippen molar-refractivity contribution in [1.29, 1.82) is 0 Å². The summed E-state index contributed by atoms with van der Waals surface area (Å²) in [5.74, 6) is -0.276. The van der Waals surface area contributed by atoms with Gasteiger partial charge in [0, 0.05) is 34.4 Å². The Hall–Kier alpha value is -4.33. The summed E-state index contributed by atoms with van der Waals surface area (Å²) < 4.78 is 0. The third-order valence-corrected chi connectivity index (χ3v) is 4.75. The van der Waals surface area contributed by atoms with Crippen LogP contribution < -0.4 is 26.6 Å². The molecule has 1 fully saturated rings. The number of urea groups is 2. The van der Waals surface area contributed by atoms with E-state index in [2.05, 4.69) is 26.6 Å². The fourth-order valence-corrected chi connectivity index (χ4v) is 2.94. The highest BCUT2D eigenvalue weighted by atomic mass is 16.2. The highest BCUT2D eigenvalue weighted by Gasteiger charge is 2.23. The highest BCUT2D eigenvalue weighted by molar-refractivity contribution is 6.05. The predicted molar refractivity (Wildman–Crippen MR) is 125 cm³/mol. The maximum atomic E-state index is 12.5. The Morgan fingerprint density at radius 2 is 1.03 bits per heavy atom. The molecule has 162 valence electrons. The number of carbonyl (C=O) groups excluding carboxylic acids is 3. The van der Waals surface area contributed by atoms with E-state index in [4.69, 9.17) is 0 Å². The van der Waals surface area contributed by atoms with Crippen LogP contribution in [-0.2, 0) is 0 Å². The zero-order chi connectivity index (χ0) is 22.3. The molecule has 5 N–H and O–H groups in total. The Bertz CT molecular complexity index is 1090. The molecule has 0 bridgehead atoms. The molecule has 0 radical (unpaired) electrons. The second-order valence-corrected chi connectivity index (χ2v) is 7.43. The number of hydrogen-bond acceptors (Lipinski definition) is 3. The SMILES string of the molecule is O=C(Nc1ccccc1)Nc1ccc(NC(=O)c2ccc(NC(=O)NC3CC3)cc2)cc1. The van der Waals surface area contributed by atoms with E-state index in [9.17, 15) is 14.4 Å². The Morgan fingerprint density at radius 3 is 1.59 bits per heavy atom. The molecule has 4 rings (SSSR count). The molecule has 0 saturated heterocycles. The predicted octanol–water partition coefficient (Wildman–Crippen LogP) is 4.87. The monoisotopic (exact) mass is 429 g/mol. The van der Waals surface area contributed by atoms with E-state index in [-0.39, 0.29) is 24.0 Å². The average molecular weight is 429 g/mol. The molecule has 3 aromatic carbocycles. The van der Waals surface area contributed by atoms with Gasteiger partial charge in [-0.2, -0.15) is 0 Å². The first-order valence-electron chi connectivity index (χ1n) is 10.3. The van der Waals surface area contributed by atoms with Gasteiger partial charge in [0.05, 0.1) is 0 Å². The summed E-state index contributed by atoms with van der Waals surface area (Å²) in [4.78, 5) is 36.3. The van der Waals surface area contributed by atoms with Gasteiger partial charge in [-0.25, -0.2) is 9.59 Å². The lowest BCUT2D eigenvalue weighted by Gasteiger charge is -2.10. The third kappa shape index (κ3) is 6.09. The van der Waals surface area contributed by atoms with Crippen molar-refractivity contribution in [3.8, 4) is 0 Å². The molecule has 3 aromatic rings. The highest BCUT2D eigenvalue weighted by Crippen LogP contribution is 2.19. The van der Waals surface area contributed by atoms with Crippen LogP contribution in [0.3, 0.4) is 0 Å². The van der Waals surface area contributed by atoms with E-state index < -0.39 is 0 Å². The summed E-state index contributed by atoms with van der Waals surface area (Å²) >= 11 is 0. The molecule has 0 heterocycles. The van der Waals surface area contributed by atoms with E-state index >= 15 is 0 Å². The van der Waals surface area contributed by atoms with Crippen LogP contribution in [-0.4, -0.2) is 24.0 Å². The summed E-state index contributed by atoms with van der Waals surface area (Å²) in [7, 11) is 0. The van der Waals surface area contributed by atoms with Crippen molar-refractivity contribution in [3.05, 3.63) is 84.4 Å². The van der Waals surface area contributed by atoms with Crippen LogP contribution in [0.4, 0.5) is 32.3 Å². The third-order valence-electron chi connectivity index (χ3n) is 4.75. The molecule has 32 heavy (non-hydrogen) atoms. The quantitative estimate of drug-likeness (QED) is 0.385. The fraction of sp³-hybridized carbons (Fsp3) is 0.125. The number of amides is 5. The molecule has 0 spiro atoms. The largest absolute Gasteiger partial charge is 0.335 e. The van der Waals surface area contributed by atoms with Crippen LogP contribution >= 0.6 is 0 Å². The Morgan fingerprint density at radius 1 is 0.562 bits per heavy atom. The Labute approximate surface area is 185 Å². The fourth-order valence-electron chi connectivity index (χ4n) is 2.94. The number of hydrogen-bond donors (Lipinski definition) is 5. The number of rotatable bonds is 6. The van der Waals surface area contributed by atoms with E-state index in [1.807, 2.05) is 18.2 Å². The summed E-state index contributed by atoms with van der Waals surface area (Å²) in [5, 5.41) is 13.9. The first-order valence-corrected chi connectivity index (χ1v) is 10.3. The number of nitrogens with one attached hydrogen (secondary N) is 5. The lowest BCUT2D eigenvalue weighted by atomic mass is 10.2. The molecule has 0 aromatic heterocycles. The second-order valence-electron chi connectivity index (χ2n) is 7.43. The summed E-state index contributed by atoms with van der Waals surface area (Å²) in [6, 6.07) is 22.3. The van der Waals surface area contributed by atoms with Crippen LogP contribution in [0.25, 0.3) is 0 Å². The standard InChI is InChI=1S/C24H23N5O3/c30-22(16-6-8-19(9-7-16)27-24(32)29-21-14-15-21)25-18-10-12-20(13-11-18)28-23(31)26-17-4-2-1-3-5-17/h1-13,21H,14-15H2,(H,25,30)(H2,26,28,31)(H2,27,29,32). The van der Waals surface area contributed by atoms with Gasteiger partial charge in [0.15, 0.2) is 0 Å². The summed E-state index contributed by atoms with van der Waals surface area (Å²) in [6.45, 7) is 0. The lowest BCUT2D eigenvalue weighted by molar-refractivity contribution is 0.102. The Balaban J connectivity index is 1.27. The molecule has 1 aliphatic rings. The van der Waals surface area contributed by atoms with Gasteiger partial charge in [-0.15, -0.1) is 0 Å². The Kier molecular flexibility index (Phi) is 6.31. The molecule has 1 saturated carbocycles. The van der Waals surface area contributed by atoms with E-state index in [1.54, 1.807) is 60.7 Å². The minimum Gasteiger partial charge on any atom is -0.335 e. The minimum atomic E-state index is -0.354. The normalized spacial score (nSPS) is 12.4. The van der Waals surface area contributed by atoms with Gasteiger partial charge in [-0.1, -0.05) is 18.2 Å². The van der Waals surface area contributed by atoms with Crippen molar-refractivity contribution in [1.82, 2.24) is 5.32 Å². The van der Waals surface area contributed by atoms with Crippen molar-refractivity contribution < 1.29 is 14.4 Å². The molecule has 5 amide bonds. The molecule has 0 aliphatic heterocycles. The molecular weight excluding hydrogens is 406 g/mol. The van der Waals surface area contributed by atoms with Gasteiger partial charge in [0.25, 0.3) is 5.91 Å². The zero-order valence-corrected chi connectivity index (χ0v) is 17.2. The number of anilines is 4. The maximum absolute atomic E-state index is 12.5. The van der Waals surface area contributed by atoms with Crippen LogP contribution in [0.5, 0.6) is 0 Å². The minimum absolute atomic E-state index is 0.240. The molecule has 1 aliphatic carbocycles. The average Bonchev–Trinajstić information content (AvgIpc) is 3.60. The van der Waals surface area contributed by atoms with Crippen LogP contribution in [0.2, 0.25) is 0 Å². The maximum Gasteiger partial charge on any atom is 0.323 e. The zero-order valence-electron chi connectivity index (χ0n) is 17.2. The molecule has 0 atom stereocenters. The van der Waals surface area contributed by atoms with Crippen LogP contribution in [0.1, 0.15) is 23.2 Å². The van der Waals surface area contributed by atoms with E-state index in [1.165, 1.54) is 0 Å². The number of para-hydroxylation sites is 1. The summed E-state index contributed by atoms with van der Waals surface area (Å²) in [6.07, 6.45) is 2.04. The lowest BCUT2D eigenvalue weighted by Crippen LogP contribution is -2.30. The first kappa shape index (κ1) is 20.9. The van der Waals surface area contributed by atoms with Crippen molar-refractivity contribution in [2.45, 2.75) is 18.9 Å². The summed E-state index contributed by atoms with van der Waals surface area (Å²) in [5.41, 5.74) is 2.96. The van der Waals surface area contributed by atoms with Crippen LogP contribution in [0, 0.1) is 0 Å². The van der Waals surface area contributed by atoms with Gasteiger partial charge >= 0.3 is 12.1 Å². The van der Waals surface area contributed by atoms with Gasteiger partial charge in [0.2, 0.25) is 0 Å². The van der Waals surface area contributed by atoms with E-state index in [0.717, 1.165) is 12.8 Å². The molecule has 8 nitrogen and oxygen atoms in total. The van der Waals surface area contributed by atoms with Crippen LogP contribution in [0.15, 0.2) is 78.9 Å². The number of benzene rings is 3. The van der Waals surface area contributed by atoms with Gasteiger partial charge < -0.3 is 26.6 Å². The second kappa shape index (κ2) is 9.65. The first-order chi connectivity index (χ1) is 15.5. The van der Waals surface area contributed by atoms with Gasteiger partial charge in [-0.05, 0) is 73.5 Å². The van der Waals surface area contributed by atoms with Crippen molar-refractivity contribution in [3.63, 3.8) is 0 Å². The number of carbonyl (C=O) groups is 3. The van der Waals surface area contributed by atoms with Crippen molar-refractivity contribution in [2.75, 3.05) is 21.3 Å². The molecular formula is C24H23N5O3. The van der Waals surface area contributed by atoms with Crippen molar-refractivity contribution in [2.24, 2.45) is 0 Å². The van der Waals surface area contributed by atoms with E-state index in [0.29, 0.717) is 28.3 Å². The van der Waals surface area contributed by atoms with Crippen molar-refractivity contribution >= 4 is 40.7 Å². The van der Waals surface area contributed by atoms with Gasteiger partial charge in [0.1, 0.15) is 0 Å².